The third kappa shape index (κ3) is 4.26. The van der Waals surface area contributed by atoms with Crippen molar-refractivity contribution in [2.45, 2.75) is 12.8 Å². The predicted molar refractivity (Wildman–Crippen MR) is 107 cm³/mol. The van der Waals surface area contributed by atoms with Crippen LogP contribution in [0.5, 0.6) is 11.5 Å². The minimum absolute atomic E-state index is 0.215. The van der Waals surface area contributed by atoms with Gasteiger partial charge in [-0.25, -0.2) is 4.98 Å². The zero-order valence-electron chi connectivity index (χ0n) is 15.0. The molecule has 136 valence electrons. The highest BCUT2D eigenvalue weighted by Gasteiger charge is 2.15. The van der Waals surface area contributed by atoms with Crippen LogP contribution >= 0.6 is 0 Å². The zero-order chi connectivity index (χ0) is 18.5. The first-order chi connectivity index (χ1) is 13.3. The van der Waals surface area contributed by atoms with E-state index >= 15 is 0 Å². The summed E-state index contributed by atoms with van der Waals surface area (Å²) in [6.45, 7) is 2.00. The van der Waals surface area contributed by atoms with Crippen molar-refractivity contribution in [3.63, 3.8) is 0 Å². The average molecular weight is 359 g/mol. The number of aromatic nitrogens is 1. The Morgan fingerprint density at radius 2 is 1.56 bits per heavy atom. The van der Waals surface area contributed by atoms with E-state index in [1.54, 1.807) is 6.07 Å². The summed E-state index contributed by atoms with van der Waals surface area (Å²) < 4.78 is 5.77. The van der Waals surface area contributed by atoms with Crippen LogP contribution in [0, 0.1) is 0 Å². The Morgan fingerprint density at radius 3 is 2.30 bits per heavy atom. The summed E-state index contributed by atoms with van der Waals surface area (Å²) in [6.07, 6.45) is 2.35. The van der Waals surface area contributed by atoms with Crippen LogP contribution in [-0.4, -0.2) is 24.0 Å². The van der Waals surface area contributed by atoms with Crippen LogP contribution in [-0.2, 0) is 0 Å². The standard InChI is InChI=1S/C22H21N3O2/c26-22(20-9-6-10-21(24-20)25-15-4-5-16-25)23-17-11-13-19(14-12-17)27-18-7-2-1-3-8-18/h1-3,6-14H,4-5,15-16H2,(H,23,26). The summed E-state index contributed by atoms with van der Waals surface area (Å²) in [5.41, 5.74) is 1.12. The van der Waals surface area contributed by atoms with Gasteiger partial charge in [-0.3, -0.25) is 4.79 Å². The Bertz CT molecular complexity index is 904. The van der Waals surface area contributed by atoms with E-state index in [4.69, 9.17) is 4.74 Å². The lowest BCUT2D eigenvalue weighted by Crippen LogP contribution is -2.21. The Hall–Kier alpha value is -3.34. The monoisotopic (exact) mass is 359 g/mol. The van der Waals surface area contributed by atoms with E-state index < -0.39 is 0 Å². The maximum absolute atomic E-state index is 12.5. The molecule has 4 rings (SSSR count). The van der Waals surface area contributed by atoms with Gasteiger partial charge in [-0.1, -0.05) is 24.3 Å². The second-order valence-corrected chi connectivity index (χ2v) is 6.47. The van der Waals surface area contributed by atoms with Gasteiger partial charge in [0, 0.05) is 18.8 Å². The predicted octanol–water partition coefficient (Wildman–Crippen LogP) is 4.73. The van der Waals surface area contributed by atoms with Crippen LogP contribution in [0.3, 0.4) is 0 Å². The Morgan fingerprint density at radius 1 is 0.852 bits per heavy atom. The molecule has 0 spiro atoms. The Balaban J connectivity index is 1.41. The van der Waals surface area contributed by atoms with Crippen molar-refractivity contribution in [1.29, 1.82) is 0 Å². The molecular formula is C22H21N3O2. The Labute approximate surface area is 158 Å². The number of hydrogen-bond acceptors (Lipinski definition) is 4. The van der Waals surface area contributed by atoms with E-state index in [2.05, 4.69) is 15.2 Å². The number of ether oxygens (including phenoxy) is 1. The van der Waals surface area contributed by atoms with Crippen molar-refractivity contribution in [2.75, 3.05) is 23.3 Å². The van der Waals surface area contributed by atoms with Gasteiger partial charge in [-0.15, -0.1) is 0 Å². The van der Waals surface area contributed by atoms with Crippen LogP contribution in [0.4, 0.5) is 11.5 Å². The number of rotatable bonds is 5. The van der Waals surface area contributed by atoms with Crippen molar-refractivity contribution in [1.82, 2.24) is 4.98 Å². The molecule has 27 heavy (non-hydrogen) atoms. The van der Waals surface area contributed by atoms with E-state index in [0.29, 0.717) is 17.1 Å². The quantitative estimate of drug-likeness (QED) is 0.716. The number of carbonyl (C=O) groups excluding carboxylic acids is 1. The van der Waals surface area contributed by atoms with Crippen molar-refractivity contribution >= 4 is 17.4 Å². The molecule has 3 aromatic rings. The number of nitrogens with zero attached hydrogens (tertiary/aromatic N) is 2. The fourth-order valence-electron chi connectivity index (χ4n) is 3.10. The lowest BCUT2D eigenvalue weighted by molar-refractivity contribution is 0.102. The molecule has 1 aliphatic heterocycles. The lowest BCUT2D eigenvalue weighted by atomic mass is 10.2. The van der Waals surface area contributed by atoms with Crippen LogP contribution in [0.25, 0.3) is 0 Å². The molecule has 1 N–H and O–H groups in total. The molecule has 1 fully saturated rings. The molecule has 5 nitrogen and oxygen atoms in total. The average Bonchev–Trinajstić information content (AvgIpc) is 3.25. The van der Waals surface area contributed by atoms with Gasteiger partial charge in [0.25, 0.3) is 5.91 Å². The van der Waals surface area contributed by atoms with E-state index in [9.17, 15) is 4.79 Å². The van der Waals surface area contributed by atoms with Crippen LogP contribution in [0.2, 0.25) is 0 Å². The number of anilines is 2. The number of amides is 1. The lowest BCUT2D eigenvalue weighted by Gasteiger charge is -2.16. The summed E-state index contributed by atoms with van der Waals surface area (Å²) >= 11 is 0. The summed E-state index contributed by atoms with van der Waals surface area (Å²) in [4.78, 5) is 19.3. The van der Waals surface area contributed by atoms with Crippen LogP contribution < -0.4 is 15.0 Å². The van der Waals surface area contributed by atoms with Gasteiger partial charge in [0.1, 0.15) is 23.0 Å². The van der Waals surface area contributed by atoms with Crippen LogP contribution in [0.1, 0.15) is 23.3 Å². The highest BCUT2D eigenvalue weighted by Crippen LogP contribution is 2.23. The molecule has 0 aliphatic carbocycles. The molecule has 1 saturated heterocycles. The van der Waals surface area contributed by atoms with E-state index in [1.807, 2.05) is 66.7 Å². The van der Waals surface area contributed by atoms with Gasteiger partial charge in [-0.2, -0.15) is 0 Å². The molecule has 0 saturated carbocycles. The first-order valence-electron chi connectivity index (χ1n) is 9.14. The van der Waals surface area contributed by atoms with E-state index in [1.165, 1.54) is 12.8 Å². The minimum Gasteiger partial charge on any atom is -0.457 e. The minimum atomic E-state index is -0.215. The van der Waals surface area contributed by atoms with Gasteiger partial charge >= 0.3 is 0 Å². The maximum Gasteiger partial charge on any atom is 0.274 e. The number of benzene rings is 2. The summed E-state index contributed by atoms with van der Waals surface area (Å²) in [5.74, 6) is 2.14. The first kappa shape index (κ1) is 17.1. The van der Waals surface area contributed by atoms with Gasteiger partial charge in [0.15, 0.2) is 0 Å². The fraction of sp³-hybridized carbons (Fsp3) is 0.182. The smallest absolute Gasteiger partial charge is 0.274 e. The molecule has 0 radical (unpaired) electrons. The molecule has 0 unspecified atom stereocenters. The molecule has 1 amide bonds. The number of carbonyl (C=O) groups is 1. The number of nitrogens with one attached hydrogen (secondary N) is 1. The SMILES string of the molecule is O=C(Nc1ccc(Oc2ccccc2)cc1)c1cccc(N2CCCC2)n1. The van der Waals surface area contributed by atoms with Gasteiger partial charge in [-0.05, 0) is 61.4 Å². The highest BCUT2D eigenvalue weighted by molar-refractivity contribution is 6.03. The third-order valence-electron chi connectivity index (χ3n) is 4.49. The van der Waals surface area contributed by atoms with Crippen molar-refractivity contribution in [3.8, 4) is 11.5 Å². The van der Waals surface area contributed by atoms with Crippen molar-refractivity contribution < 1.29 is 9.53 Å². The summed E-state index contributed by atoms with van der Waals surface area (Å²) in [7, 11) is 0. The number of hydrogen-bond donors (Lipinski definition) is 1. The van der Waals surface area contributed by atoms with Crippen molar-refractivity contribution in [2.24, 2.45) is 0 Å². The van der Waals surface area contributed by atoms with E-state index in [0.717, 1.165) is 24.7 Å². The summed E-state index contributed by atoms with van der Waals surface area (Å²) in [5, 5.41) is 2.89. The first-order valence-corrected chi connectivity index (χ1v) is 9.14. The normalized spacial score (nSPS) is 13.4. The second-order valence-electron chi connectivity index (χ2n) is 6.47. The fourth-order valence-corrected chi connectivity index (χ4v) is 3.10. The number of pyridine rings is 1. The van der Waals surface area contributed by atoms with Gasteiger partial charge in [0.05, 0.1) is 0 Å². The van der Waals surface area contributed by atoms with Gasteiger partial charge in [0.2, 0.25) is 0 Å². The van der Waals surface area contributed by atoms with Crippen molar-refractivity contribution in [3.05, 3.63) is 78.5 Å². The molecule has 1 aliphatic rings. The third-order valence-corrected chi connectivity index (χ3v) is 4.49. The van der Waals surface area contributed by atoms with Crippen LogP contribution in [0.15, 0.2) is 72.8 Å². The topological polar surface area (TPSA) is 54.5 Å². The molecule has 2 aromatic carbocycles. The second kappa shape index (κ2) is 7.91. The maximum atomic E-state index is 12.5. The zero-order valence-corrected chi connectivity index (χ0v) is 15.0. The molecule has 0 atom stereocenters. The number of para-hydroxylation sites is 1. The molecule has 2 heterocycles. The molecule has 5 heteroatoms. The van der Waals surface area contributed by atoms with Gasteiger partial charge < -0.3 is 15.0 Å². The molecule has 1 aromatic heterocycles. The Kier molecular flexibility index (Phi) is 5.01. The molecule has 0 bridgehead atoms. The highest BCUT2D eigenvalue weighted by atomic mass is 16.5. The summed E-state index contributed by atoms with van der Waals surface area (Å²) in [6, 6.07) is 22.5. The molecular weight excluding hydrogens is 338 g/mol. The van der Waals surface area contributed by atoms with E-state index in [-0.39, 0.29) is 5.91 Å². The largest absolute Gasteiger partial charge is 0.457 e.